The first kappa shape index (κ1) is 23.4. The van der Waals surface area contributed by atoms with E-state index >= 15 is 0 Å². The Morgan fingerprint density at radius 2 is 1.97 bits per heavy atom. The smallest absolute Gasteiger partial charge is 0.339 e. The summed E-state index contributed by atoms with van der Waals surface area (Å²) in [6.07, 6.45) is 2.07. The number of likely N-dealkylation sites (N-methyl/N-ethyl adjacent to an activating group) is 1. The molecule has 0 aliphatic heterocycles. The van der Waals surface area contributed by atoms with Crippen LogP contribution >= 0.6 is 0 Å². The Kier molecular flexibility index (Phi) is 7.22. The second-order valence-corrected chi connectivity index (χ2v) is 7.93. The lowest BCUT2D eigenvalue weighted by Crippen LogP contribution is -2.28. The lowest BCUT2D eigenvalue weighted by Gasteiger charge is -2.18. The van der Waals surface area contributed by atoms with Crippen molar-refractivity contribution in [3.8, 4) is 5.75 Å². The van der Waals surface area contributed by atoms with Crippen molar-refractivity contribution in [2.45, 2.75) is 20.3 Å². The Balaban J connectivity index is 1.75. The summed E-state index contributed by atoms with van der Waals surface area (Å²) >= 11 is 0. The van der Waals surface area contributed by atoms with Gasteiger partial charge in [0.2, 0.25) is 0 Å². The second kappa shape index (κ2) is 10.5. The van der Waals surface area contributed by atoms with E-state index < -0.39 is 5.97 Å². The van der Waals surface area contributed by atoms with Crippen LogP contribution < -0.4 is 10.1 Å². The van der Waals surface area contributed by atoms with E-state index in [1.807, 2.05) is 24.3 Å². The standard InChI is InChI=1S/C25H30N6O3/c1-5-31(6-2)11-10-26-23-21-22-19(14-17(15-27-22)25(32)34-4)28-24(21)30-20(29-23)13-16-8-7-9-18(12-16)33-3/h7-9,12,14-15H,5-6,10-11,13H2,1-4H3,(H2,26,28,29,30). The number of H-pyrrole nitrogens is 1. The summed E-state index contributed by atoms with van der Waals surface area (Å²) in [6.45, 7) is 7.92. The summed E-state index contributed by atoms with van der Waals surface area (Å²) in [5, 5.41) is 4.30. The van der Waals surface area contributed by atoms with Crippen molar-refractivity contribution in [3.05, 3.63) is 53.5 Å². The molecule has 178 valence electrons. The molecule has 0 unspecified atom stereocenters. The third kappa shape index (κ3) is 4.94. The van der Waals surface area contributed by atoms with Crippen molar-refractivity contribution in [1.82, 2.24) is 24.8 Å². The molecule has 0 amide bonds. The maximum Gasteiger partial charge on any atom is 0.339 e. The lowest BCUT2D eigenvalue weighted by atomic mass is 10.1. The molecule has 9 heteroatoms. The number of nitrogens with one attached hydrogen (secondary N) is 2. The summed E-state index contributed by atoms with van der Waals surface area (Å²) in [6, 6.07) is 9.61. The molecule has 3 heterocycles. The van der Waals surface area contributed by atoms with Crippen LogP contribution in [-0.2, 0) is 11.2 Å². The molecule has 3 aromatic heterocycles. The van der Waals surface area contributed by atoms with Gasteiger partial charge in [0.05, 0.1) is 30.7 Å². The maximum atomic E-state index is 12.0. The van der Waals surface area contributed by atoms with Crippen molar-refractivity contribution in [1.29, 1.82) is 0 Å². The minimum atomic E-state index is -0.435. The van der Waals surface area contributed by atoms with E-state index in [9.17, 15) is 4.79 Å². The maximum absolute atomic E-state index is 12.0. The molecule has 0 bridgehead atoms. The van der Waals surface area contributed by atoms with E-state index in [-0.39, 0.29) is 0 Å². The number of ether oxygens (including phenoxy) is 2. The van der Waals surface area contributed by atoms with Crippen molar-refractivity contribution in [2.75, 3.05) is 45.7 Å². The Bertz CT molecular complexity index is 1300. The molecule has 2 N–H and O–H groups in total. The fourth-order valence-corrected chi connectivity index (χ4v) is 3.98. The number of carbonyl (C=O) groups is 1. The zero-order chi connectivity index (χ0) is 24.1. The number of carbonyl (C=O) groups excluding carboxylic acids is 1. The fourth-order valence-electron chi connectivity index (χ4n) is 3.98. The Morgan fingerprint density at radius 1 is 1.15 bits per heavy atom. The van der Waals surface area contributed by atoms with E-state index in [2.05, 4.69) is 34.0 Å². The number of benzene rings is 1. The molecule has 34 heavy (non-hydrogen) atoms. The Morgan fingerprint density at radius 3 is 2.71 bits per heavy atom. The normalized spacial score (nSPS) is 11.3. The molecule has 0 atom stereocenters. The highest BCUT2D eigenvalue weighted by atomic mass is 16.5. The van der Waals surface area contributed by atoms with Gasteiger partial charge < -0.3 is 24.7 Å². The summed E-state index contributed by atoms with van der Waals surface area (Å²) in [7, 11) is 3.01. The van der Waals surface area contributed by atoms with Gasteiger partial charge in [-0.3, -0.25) is 4.98 Å². The molecular formula is C25H30N6O3. The number of aromatic nitrogens is 4. The molecule has 4 aromatic rings. The average Bonchev–Trinajstić information content (AvgIpc) is 3.23. The molecule has 0 saturated carbocycles. The first-order valence-corrected chi connectivity index (χ1v) is 11.4. The largest absolute Gasteiger partial charge is 0.497 e. The molecule has 0 radical (unpaired) electrons. The summed E-state index contributed by atoms with van der Waals surface area (Å²) < 4.78 is 10.2. The quantitative estimate of drug-likeness (QED) is 0.344. The van der Waals surface area contributed by atoms with Crippen LogP contribution in [0.25, 0.3) is 22.1 Å². The van der Waals surface area contributed by atoms with Crippen LogP contribution in [-0.4, -0.2) is 71.2 Å². The molecule has 9 nitrogen and oxygen atoms in total. The van der Waals surface area contributed by atoms with Gasteiger partial charge in [-0.05, 0) is 36.9 Å². The average molecular weight is 463 g/mol. The van der Waals surface area contributed by atoms with Crippen molar-refractivity contribution < 1.29 is 14.3 Å². The van der Waals surface area contributed by atoms with Crippen LogP contribution in [0, 0.1) is 0 Å². The monoisotopic (exact) mass is 462 g/mol. The van der Waals surface area contributed by atoms with Gasteiger partial charge in [-0.15, -0.1) is 0 Å². The van der Waals surface area contributed by atoms with Crippen LogP contribution in [0.5, 0.6) is 5.75 Å². The zero-order valence-electron chi connectivity index (χ0n) is 20.0. The molecule has 0 saturated heterocycles. The zero-order valence-corrected chi connectivity index (χ0v) is 20.0. The van der Waals surface area contributed by atoms with Gasteiger partial charge >= 0.3 is 5.97 Å². The van der Waals surface area contributed by atoms with Crippen LogP contribution in [0.1, 0.15) is 35.6 Å². The summed E-state index contributed by atoms with van der Waals surface area (Å²) in [4.78, 5) is 31.8. The van der Waals surface area contributed by atoms with Gasteiger partial charge in [0, 0.05) is 25.7 Å². The predicted octanol–water partition coefficient (Wildman–Crippen LogP) is 3.65. The van der Waals surface area contributed by atoms with Gasteiger partial charge in [-0.2, -0.15) is 0 Å². The molecule has 0 spiro atoms. The van der Waals surface area contributed by atoms with Crippen molar-refractivity contribution in [2.24, 2.45) is 0 Å². The van der Waals surface area contributed by atoms with Crippen molar-refractivity contribution >= 4 is 33.9 Å². The highest BCUT2D eigenvalue weighted by molar-refractivity contribution is 6.10. The summed E-state index contributed by atoms with van der Waals surface area (Å²) in [5.41, 5.74) is 3.51. The number of anilines is 1. The van der Waals surface area contributed by atoms with Gasteiger partial charge in [0.25, 0.3) is 0 Å². The van der Waals surface area contributed by atoms with Crippen LogP contribution in [0.2, 0.25) is 0 Å². The molecular weight excluding hydrogens is 432 g/mol. The number of rotatable bonds is 10. The van der Waals surface area contributed by atoms with Gasteiger partial charge in [-0.25, -0.2) is 14.8 Å². The first-order valence-electron chi connectivity index (χ1n) is 11.4. The number of fused-ring (bicyclic) bond motifs is 3. The number of methoxy groups -OCH3 is 2. The molecule has 4 rings (SSSR count). The second-order valence-electron chi connectivity index (χ2n) is 7.93. The fraction of sp³-hybridized carbons (Fsp3) is 0.360. The third-order valence-corrected chi connectivity index (χ3v) is 5.87. The topological polar surface area (TPSA) is 105 Å². The molecule has 0 aliphatic carbocycles. The molecule has 1 aromatic carbocycles. The number of hydrogen-bond donors (Lipinski definition) is 2. The highest BCUT2D eigenvalue weighted by Gasteiger charge is 2.17. The Hall–Kier alpha value is -3.72. The minimum absolute atomic E-state index is 0.377. The third-order valence-electron chi connectivity index (χ3n) is 5.87. The van der Waals surface area contributed by atoms with Gasteiger partial charge in [0.1, 0.15) is 28.6 Å². The van der Waals surface area contributed by atoms with E-state index in [0.29, 0.717) is 34.5 Å². The van der Waals surface area contributed by atoms with Crippen LogP contribution in [0.4, 0.5) is 5.82 Å². The summed E-state index contributed by atoms with van der Waals surface area (Å²) in [5.74, 6) is 1.75. The first-order chi connectivity index (χ1) is 16.6. The number of pyridine rings is 1. The van der Waals surface area contributed by atoms with Crippen LogP contribution in [0.3, 0.4) is 0 Å². The van der Waals surface area contributed by atoms with Crippen LogP contribution in [0.15, 0.2) is 36.5 Å². The Labute approximate surface area is 198 Å². The van der Waals surface area contributed by atoms with E-state index in [0.717, 1.165) is 48.7 Å². The van der Waals surface area contributed by atoms with Crippen molar-refractivity contribution in [3.63, 3.8) is 0 Å². The number of esters is 1. The van der Waals surface area contributed by atoms with E-state index in [1.54, 1.807) is 13.2 Å². The molecule has 0 aliphatic rings. The van der Waals surface area contributed by atoms with E-state index in [4.69, 9.17) is 19.4 Å². The SMILES string of the molecule is CCN(CC)CCNc1nc(Cc2cccc(OC)c2)nc2[nH]c3cc(C(=O)OC)cnc3c12. The number of nitrogens with zero attached hydrogens (tertiary/aromatic N) is 4. The van der Waals surface area contributed by atoms with E-state index in [1.165, 1.54) is 13.3 Å². The lowest BCUT2D eigenvalue weighted by molar-refractivity contribution is 0.0600. The van der Waals surface area contributed by atoms with Gasteiger partial charge in [0.15, 0.2) is 0 Å². The number of aromatic amines is 1. The predicted molar refractivity (Wildman–Crippen MR) is 133 cm³/mol. The highest BCUT2D eigenvalue weighted by Crippen LogP contribution is 2.29. The number of hydrogen-bond acceptors (Lipinski definition) is 8. The minimum Gasteiger partial charge on any atom is -0.497 e. The van der Waals surface area contributed by atoms with Gasteiger partial charge in [-0.1, -0.05) is 26.0 Å². The molecule has 0 fully saturated rings.